The van der Waals surface area contributed by atoms with Crippen molar-refractivity contribution in [2.45, 2.75) is 32.9 Å². The number of fused-ring (bicyclic) bond motifs is 1. The van der Waals surface area contributed by atoms with Crippen LogP contribution >= 0.6 is 12.2 Å². The van der Waals surface area contributed by atoms with Crippen molar-refractivity contribution in [1.29, 1.82) is 0 Å². The van der Waals surface area contributed by atoms with E-state index in [-0.39, 0.29) is 18.3 Å². The van der Waals surface area contributed by atoms with Gasteiger partial charge in [-0.1, -0.05) is 68.5 Å². The van der Waals surface area contributed by atoms with E-state index in [1.165, 1.54) is 0 Å². The smallest absolute Gasteiger partial charge is 0.291 e. The first-order valence-electron chi connectivity index (χ1n) is 10.7. The van der Waals surface area contributed by atoms with E-state index < -0.39 is 6.04 Å². The van der Waals surface area contributed by atoms with Gasteiger partial charge >= 0.3 is 0 Å². The normalized spacial score (nSPS) is 15.8. The summed E-state index contributed by atoms with van der Waals surface area (Å²) in [5.41, 5.74) is 1.99. The predicted octanol–water partition coefficient (Wildman–Crippen LogP) is 3.48. The standard InChI is InChI=1S/C24H27N5O2S/c1-16(2)14-29-21(13-17-9-5-4-6-10-17)26-22(27-29)23(30)25-18-15-31-20-12-8-7-11-19(20)28(3)24(18)32/h4-12,16,18H,13-15H2,1-3H3,(H,25,30)/t18-/m0/s1. The molecule has 0 bridgehead atoms. The Kier molecular flexibility index (Phi) is 6.50. The number of carbonyl (C=O) groups is 1. The highest BCUT2D eigenvalue weighted by Crippen LogP contribution is 2.30. The van der Waals surface area contributed by atoms with Crippen LogP contribution in [0.1, 0.15) is 35.9 Å². The number of rotatable bonds is 6. The number of likely N-dealkylation sites (N-methyl/N-ethyl adjacent to an activating group) is 1. The number of amides is 1. The highest BCUT2D eigenvalue weighted by Gasteiger charge is 2.29. The maximum absolute atomic E-state index is 13.1. The number of hydrogen-bond acceptors (Lipinski definition) is 5. The zero-order valence-electron chi connectivity index (χ0n) is 18.5. The quantitative estimate of drug-likeness (QED) is 0.581. The van der Waals surface area contributed by atoms with Gasteiger partial charge in [0.05, 0.1) is 5.69 Å². The maximum Gasteiger partial charge on any atom is 0.291 e. The molecule has 8 heteroatoms. The minimum absolute atomic E-state index is 0.142. The van der Waals surface area contributed by atoms with Crippen LogP contribution in [0.5, 0.6) is 5.75 Å². The Morgan fingerprint density at radius 3 is 2.66 bits per heavy atom. The number of benzene rings is 2. The second-order valence-electron chi connectivity index (χ2n) is 8.29. The molecule has 0 saturated heterocycles. The third-order valence-electron chi connectivity index (χ3n) is 5.26. The van der Waals surface area contributed by atoms with Crippen molar-refractivity contribution in [3.8, 4) is 5.75 Å². The zero-order valence-corrected chi connectivity index (χ0v) is 19.3. The van der Waals surface area contributed by atoms with Crippen molar-refractivity contribution in [3.63, 3.8) is 0 Å². The Labute approximate surface area is 193 Å². The predicted molar refractivity (Wildman–Crippen MR) is 128 cm³/mol. The molecule has 166 valence electrons. The molecule has 1 N–H and O–H groups in total. The maximum atomic E-state index is 13.1. The number of nitrogens with zero attached hydrogens (tertiary/aromatic N) is 4. The molecule has 0 spiro atoms. The highest BCUT2D eigenvalue weighted by molar-refractivity contribution is 7.80. The Morgan fingerprint density at radius 2 is 1.91 bits per heavy atom. The first-order chi connectivity index (χ1) is 15.4. The van der Waals surface area contributed by atoms with E-state index in [0.717, 1.165) is 22.8 Å². The molecule has 1 amide bonds. The van der Waals surface area contributed by atoms with Crippen LogP contribution < -0.4 is 15.0 Å². The van der Waals surface area contributed by atoms with Crippen LogP contribution in [0.3, 0.4) is 0 Å². The number of carbonyl (C=O) groups excluding carboxylic acids is 1. The highest BCUT2D eigenvalue weighted by atomic mass is 32.1. The van der Waals surface area contributed by atoms with E-state index in [9.17, 15) is 4.79 Å². The van der Waals surface area contributed by atoms with Gasteiger partial charge in [0.15, 0.2) is 0 Å². The first-order valence-corrected chi connectivity index (χ1v) is 11.1. The van der Waals surface area contributed by atoms with Crippen LogP contribution in [0.15, 0.2) is 54.6 Å². The molecule has 7 nitrogen and oxygen atoms in total. The number of para-hydroxylation sites is 2. The average molecular weight is 450 g/mol. The minimum Gasteiger partial charge on any atom is -0.489 e. The third kappa shape index (κ3) is 4.80. The summed E-state index contributed by atoms with van der Waals surface area (Å²) < 4.78 is 7.74. The van der Waals surface area contributed by atoms with Crippen LogP contribution in [0.4, 0.5) is 5.69 Å². The van der Waals surface area contributed by atoms with Gasteiger partial charge in [0.2, 0.25) is 5.82 Å². The van der Waals surface area contributed by atoms with Gasteiger partial charge in [-0.2, -0.15) is 0 Å². The molecule has 0 saturated carbocycles. The van der Waals surface area contributed by atoms with E-state index in [1.807, 2.05) is 71.2 Å². The molecule has 1 aliphatic heterocycles. The number of ether oxygens (including phenoxy) is 1. The fourth-order valence-corrected chi connectivity index (χ4v) is 3.88. The summed E-state index contributed by atoms with van der Waals surface area (Å²) in [6.45, 7) is 5.16. The van der Waals surface area contributed by atoms with Crippen LogP contribution in [-0.4, -0.2) is 45.4 Å². The Morgan fingerprint density at radius 1 is 1.19 bits per heavy atom. The fraction of sp³-hybridized carbons (Fsp3) is 0.333. The van der Waals surface area contributed by atoms with Crippen molar-refractivity contribution in [3.05, 3.63) is 71.8 Å². The first kappa shape index (κ1) is 22.0. The summed E-state index contributed by atoms with van der Waals surface area (Å²) >= 11 is 5.64. The summed E-state index contributed by atoms with van der Waals surface area (Å²) in [5, 5.41) is 7.48. The molecule has 1 atom stereocenters. The van der Waals surface area contributed by atoms with Crippen molar-refractivity contribution >= 4 is 28.8 Å². The molecule has 0 aliphatic carbocycles. The molecule has 32 heavy (non-hydrogen) atoms. The summed E-state index contributed by atoms with van der Waals surface area (Å²) in [5.74, 6) is 1.65. The average Bonchev–Trinajstić information content (AvgIpc) is 3.13. The monoisotopic (exact) mass is 449 g/mol. The molecule has 1 aliphatic rings. The molecular formula is C24H27N5O2S. The van der Waals surface area contributed by atoms with Crippen molar-refractivity contribution in [2.24, 2.45) is 5.92 Å². The van der Waals surface area contributed by atoms with Crippen LogP contribution in [0, 0.1) is 5.92 Å². The number of thiocarbonyl (C=S) groups is 1. The van der Waals surface area contributed by atoms with Gasteiger partial charge in [-0.3, -0.25) is 4.79 Å². The third-order valence-corrected chi connectivity index (χ3v) is 5.82. The van der Waals surface area contributed by atoms with Gasteiger partial charge < -0.3 is 15.0 Å². The second-order valence-corrected chi connectivity index (χ2v) is 8.71. The van der Waals surface area contributed by atoms with Gasteiger partial charge in [0.25, 0.3) is 5.91 Å². The lowest BCUT2D eigenvalue weighted by Gasteiger charge is -2.23. The van der Waals surface area contributed by atoms with E-state index >= 15 is 0 Å². The SMILES string of the molecule is CC(C)Cn1nc(C(=O)N[C@H]2COc3ccccc3N(C)C2=S)nc1Cc1ccccc1. The topological polar surface area (TPSA) is 72.3 Å². The van der Waals surface area contributed by atoms with E-state index in [1.54, 1.807) is 0 Å². The molecule has 0 radical (unpaired) electrons. The molecular weight excluding hydrogens is 422 g/mol. The molecule has 3 aromatic rings. The Hall–Kier alpha value is -3.26. The van der Waals surface area contributed by atoms with Crippen molar-refractivity contribution < 1.29 is 9.53 Å². The number of aromatic nitrogens is 3. The molecule has 4 rings (SSSR count). The van der Waals surface area contributed by atoms with Crippen LogP contribution in [0.2, 0.25) is 0 Å². The lowest BCUT2D eigenvalue weighted by Crippen LogP contribution is -2.48. The number of hydrogen-bond donors (Lipinski definition) is 1. The lowest BCUT2D eigenvalue weighted by molar-refractivity contribution is 0.0926. The minimum atomic E-state index is -0.468. The Balaban J connectivity index is 1.53. The summed E-state index contributed by atoms with van der Waals surface area (Å²) in [6, 6.07) is 17.3. The summed E-state index contributed by atoms with van der Waals surface area (Å²) in [7, 11) is 1.88. The van der Waals surface area contributed by atoms with Gasteiger partial charge in [0, 0.05) is 20.0 Å². The molecule has 0 fully saturated rings. The molecule has 1 aromatic heterocycles. The number of anilines is 1. The number of nitrogens with one attached hydrogen (secondary N) is 1. The molecule has 0 unspecified atom stereocenters. The van der Waals surface area contributed by atoms with Crippen molar-refractivity contribution in [1.82, 2.24) is 20.1 Å². The fourth-order valence-electron chi connectivity index (χ4n) is 3.65. The van der Waals surface area contributed by atoms with Gasteiger partial charge in [-0.05, 0) is 23.6 Å². The largest absolute Gasteiger partial charge is 0.489 e. The lowest BCUT2D eigenvalue weighted by atomic mass is 10.1. The van der Waals surface area contributed by atoms with Crippen LogP contribution in [-0.2, 0) is 13.0 Å². The molecule has 2 aromatic carbocycles. The van der Waals surface area contributed by atoms with Crippen molar-refractivity contribution in [2.75, 3.05) is 18.6 Å². The van der Waals surface area contributed by atoms with E-state index in [0.29, 0.717) is 23.9 Å². The van der Waals surface area contributed by atoms with E-state index in [2.05, 4.69) is 29.2 Å². The van der Waals surface area contributed by atoms with Gasteiger partial charge in [-0.25, -0.2) is 9.67 Å². The summed E-state index contributed by atoms with van der Waals surface area (Å²) in [4.78, 5) is 20.1. The van der Waals surface area contributed by atoms with Crippen LogP contribution in [0.25, 0.3) is 0 Å². The summed E-state index contributed by atoms with van der Waals surface area (Å²) in [6.07, 6.45) is 0.608. The van der Waals surface area contributed by atoms with Gasteiger partial charge in [0.1, 0.15) is 29.2 Å². The molecule has 2 heterocycles. The Bertz CT molecular complexity index is 1110. The van der Waals surface area contributed by atoms with Gasteiger partial charge in [-0.15, -0.1) is 5.10 Å². The second kappa shape index (κ2) is 9.48. The van der Waals surface area contributed by atoms with E-state index in [4.69, 9.17) is 17.0 Å². The zero-order chi connectivity index (χ0) is 22.7.